The van der Waals surface area contributed by atoms with Crippen molar-refractivity contribution in [3.8, 4) is 0 Å². The average Bonchev–Trinajstić information content (AvgIpc) is 2.85. The number of hydrogen-bond acceptors (Lipinski definition) is 4. The van der Waals surface area contributed by atoms with E-state index in [1.165, 1.54) is 38.2 Å². The monoisotopic (exact) mass is 388 g/mol. The van der Waals surface area contributed by atoms with Gasteiger partial charge in [0, 0.05) is 24.7 Å². The van der Waals surface area contributed by atoms with E-state index in [-0.39, 0.29) is 34.3 Å². The molecule has 0 aromatic heterocycles. The summed E-state index contributed by atoms with van der Waals surface area (Å²) >= 11 is 0. The lowest BCUT2D eigenvalue weighted by Crippen LogP contribution is -2.62. The molecule has 4 nitrogen and oxygen atoms in total. The third kappa shape index (κ3) is 2.85. The zero-order valence-corrected chi connectivity index (χ0v) is 18.0. The average molecular weight is 389 g/mol. The molecule has 4 aliphatic rings. The van der Waals surface area contributed by atoms with E-state index in [0.29, 0.717) is 24.4 Å². The van der Waals surface area contributed by atoms with E-state index in [9.17, 15) is 9.59 Å². The minimum absolute atomic E-state index is 0.0371. The van der Waals surface area contributed by atoms with Crippen molar-refractivity contribution >= 4 is 11.9 Å². The van der Waals surface area contributed by atoms with Gasteiger partial charge in [-0.3, -0.25) is 9.59 Å². The molecule has 0 N–H and O–H groups in total. The van der Waals surface area contributed by atoms with E-state index in [1.807, 2.05) is 0 Å². The van der Waals surface area contributed by atoms with Crippen LogP contribution in [-0.2, 0) is 19.1 Å². The van der Waals surface area contributed by atoms with Gasteiger partial charge >= 0.3 is 11.9 Å². The summed E-state index contributed by atoms with van der Waals surface area (Å²) in [6.45, 7) is 12.7. The maximum Gasteiger partial charge on any atom is 0.302 e. The first-order valence-electron chi connectivity index (χ1n) is 11.1. The van der Waals surface area contributed by atoms with E-state index >= 15 is 0 Å². The van der Waals surface area contributed by atoms with Gasteiger partial charge in [-0.1, -0.05) is 32.4 Å². The Hall–Kier alpha value is -1.32. The van der Waals surface area contributed by atoms with Gasteiger partial charge in [-0.25, -0.2) is 0 Å². The topological polar surface area (TPSA) is 52.6 Å². The summed E-state index contributed by atoms with van der Waals surface area (Å²) in [5.41, 5.74) is 1.60. The molecule has 0 aromatic carbocycles. The highest BCUT2D eigenvalue weighted by molar-refractivity contribution is 5.66. The predicted octanol–water partition coefficient (Wildman–Crippen LogP) is 5.06. The normalized spacial score (nSPS) is 47.1. The quantitative estimate of drug-likeness (QED) is 0.501. The summed E-state index contributed by atoms with van der Waals surface area (Å²) in [5.74, 6) is 1.18. The maximum absolute atomic E-state index is 12.0. The summed E-state index contributed by atoms with van der Waals surface area (Å²) in [4.78, 5) is 23.6. The van der Waals surface area contributed by atoms with Gasteiger partial charge in [-0.2, -0.15) is 0 Å². The lowest BCUT2D eigenvalue weighted by atomic mass is 9.40. The van der Waals surface area contributed by atoms with Crippen molar-refractivity contribution in [2.45, 2.75) is 85.2 Å². The number of carbonyl (C=O) groups is 2. The Bertz CT molecular complexity index is 699. The minimum atomic E-state index is -0.204. The standard InChI is InChI=1S/C24H36O4/c1-15-12-24-13-18(15)7-8-19(24)23(5)10-6-9-22(4,14-27-16(2)25)20(23)11-21(24)28-17(3)26/h18-21H,1,6-14H2,2-5H3/t18-,19+,20-,21+,22-,23+,24+/m1/s1. The van der Waals surface area contributed by atoms with Crippen LogP contribution >= 0.6 is 0 Å². The lowest BCUT2D eigenvalue weighted by Gasteiger charge is -2.65. The van der Waals surface area contributed by atoms with E-state index in [0.717, 1.165) is 25.7 Å². The number of hydrogen-bond donors (Lipinski definition) is 0. The molecule has 4 saturated carbocycles. The van der Waals surface area contributed by atoms with Crippen molar-refractivity contribution in [3.05, 3.63) is 12.2 Å². The first-order valence-corrected chi connectivity index (χ1v) is 11.1. The number of esters is 2. The fourth-order valence-electron chi connectivity index (χ4n) is 8.17. The molecular weight excluding hydrogens is 352 g/mol. The fraction of sp³-hybridized carbons (Fsp3) is 0.833. The Morgan fingerprint density at radius 3 is 2.54 bits per heavy atom. The van der Waals surface area contributed by atoms with E-state index in [2.05, 4.69) is 20.4 Å². The van der Waals surface area contributed by atoms with Crippen molar-refractivity contribution in [2.24, 2.45) is 34.0 Å². The van der Waals surface area contributed by atoms with Crippen LogP contribution in [0.3, 0.4) is 0 Å². The minimum Gasteiger partial charge on any atom is -0.465 e. The Kier molecular flexibility index (Phi) is 4.71. The Morgan fingerprint density at radius 2 is 1.86 bits per heavy atom. The van der Waals surface area contributed by atoms with E-state index < -0.39 is 0 Å². The highest BCUT2D eigenvalue weighted by Gasteiger charge is 2.68. The van der Waals surface area contributed by atoms with Crippen molar-refractivity contribution < 1.29 is 19.1 Å². The van der Waals surface area contributed by atoms with Gasteiger partial charge in [0.2, 0.25) is 0 Å². The van der Waals surface area contributed by atoms with Crippen molar-refractivity contribution in [2.75, 3.05) is 6.61 Å². The SMILES string of the molecule is C=C1C[C@]23C[C@H]1CC[C@H]2[C@]1(C)CCC[C@](C)(COC(C)=O)[C@H]1C[C@@H]3OC(C)=O. The van der Waals surface area contributed by atoms with Crippen LogP contribution in [-0.4, -0.2) is 24.6 Å². The number of rotatable bonds is 3. The molecule has 0 aromatic rings. The fourth-order valence-corrected chi connectivity index (χ4v) is 8.17. The maximum atomic E-state index is 12.0. The van der Waals surface area contributed by atoms with Crippen molar-refractivity contribution in [1.82, 2.24) is 0 Å². The summed E-state index contributed by atoms with van der Waals surface area (Å²) in [6, 6.07) is 0. The predicted molar refractivity (Wildman–Crippen MR) is 107 cm³/mol. The van der Waals surface area contributed by atoms with Gasteiger partial charge in [-0.05, 0) is 68.1 Å². The largest absolute Gasteiger partial charge is 0.465 e. The molecule has 156 valence electrons. The Labute approximate surface area is 169 Å². The van der Waals surface area contributed by atoms with Crippen LogP contribution in [0.15, 0.2) is 12.2 Å². The Morgan fingerprint density at radius 1 is 1.11 bits per heavy atom. The molecule has 28 heavy (non-hydrogen) atoms. The molecule has 0 saturated heterocycles. The number of allylic oxidation sites excluding steroid dienone is 1. The second-order valence-electron chi connectivity index (χ2n) is 10.8. The van der Waals surface area contributed by atoms with Gasteiger partial charge in [0.25, 0.3) is 0 Å². The lowest BCUT2D eigenvalue weighted by molar-refractivity contribution is -0.220. The molecule has 2 bridgehead atoms. The zero-order chi connectivity index (χ0) is 20.3. The van der Waals surface area contributed by atoms with Crippen molar-refractivity contribution in [3.63, 3.8) is 0 Å². The van der Waals surface area contributed by atoms with Gasteiger partial charge in [0.1, 0.15) is 6.10 Å². The van der Waals surface area contributed by atoms with E-state index in [1.54, 1.807) is 6.92 Å². The van der Waals surface area contributed by atoms with Crippen molar-refractivity contribution in [1.29, 1.82) is 0 Å². The Balaban J connectivity index is 1.74. The highest BCUT2D eigenvalue weighted by atomic mass is 16.5. The first kappa shape index (κ1) is 20.0. The first-order chi connectivity index (χ1) is 13.1. The third-order valence-electron chi connectivity index (χ3n) is 9.16. The third-order valence-corrected chi connectivity index (χ3v) is 9.16. The molecule has 0 aliphatic heterocycles. The summed E-state index contributed by atoms with van der Waals surface area (Å²) in [6.07, 6.45) is 8.92. The van der Waals surface area contributed by atoms with Crippen LogP contribution in [0.4, 0.5) is 0 Å². The number of carbonyl (C=O) groups excluding carboxylic acids is 2. The molecule has 4 heteroatoms. The van der Waals surface area contributed by atoms with Crippen LogP contribution in [0.25, 0.3) is 0 Å². The van der Waals surface area contributed by atoms with Crippen LogP contribution < -0.4 is 0 Å². The molecular formula is C24H36O4. The van der Waals surface area contributed by atoms with E-state index in [4.69, 9.17) is 9.47 Å². The second-order valence-corrected chi connectivity index (χ2v) is 10.8. The van der Waals surface area contributed by atoms with Gasteiger partial charge in [0.15, 0.2) is 0 Å². The molecule has 7 atom stereocenters. The van der Waals surface area contributed by atoms with Gasteiger partial charge in [-0.15, -0.1) is 0 Å². The smallest absolute Gasteiger partial charge is 0.302 e. The highest BCUT2D eigenvalue weighted by Crippen LogP contribution is 2.72. The molecule has 1 spiro atoms. The molecule has 0 unspecified atom stereocenters. The van der Waals surface area contributed by atoms with Gasteiger partial charge in [0.05, 0.1) is 6.61 Å². The molecule has 0 heterocycles. The molecule has 4 rings (SSSR count). The van der Waals surface area contributed by atoms with Crippen LogP contribution in [0.2, 0.25) is 0 Å². The molecule has 0 radical (unpaired) electrons. The van der Waals surface area contributed by atoms with Crippen LogP contribution in [0, 0.1) is 34.0 Å². The summed E-state index contributed by atoms with van der Waals surface area (Å²) in [7, 11) is 0. The van der Waals surface area contributed by atoms with Crippen LogP contribution in [0.5, 0.6) is 0 Å². The molecule has 0 amide bonds. The molecule has 4 aliphatic carbocycles. The number of fused-ring (bicyclic) bond motifs is 3. The molecule has 4 fully saturated rings. The number of ether oxygens (including phenoxy) is 2. The second kappa shape index (κ2) is 6.60. The summed E-state index contributed by atoms with van der Waals surface area (Å²) < 4.78 is 11.6. The van der Waals surface area contributed by atoms with Crippen LogP contribution in [0.1, 0.15) is 79.1 Å². The van der Waals surface area contributed by atoms with Gasteiger partial charge < -0.3 is 9.47 Å². The summed E-state index contributed by atoms with van der Waals surface area (Å²) in [5, 5.41) is 0. The zero-order valence-electron chi connectivity index (χ0n) is 18.0.